The van der Waals surface area contributed by atoms with Crippen LogP contribution in [-0.2, 0) is 21.2 Å². The van der Waals surface area contributed by atoms with Gasteiger partial charge in [0.05, 0.1) is 10.8 Å². The number of carbonyl (C=O) groups is 1. The lowest BCUT2D eigenvalue weighted by atomic mass is 9.99. The molecule has 0 saturated carbocycles. The number of benzene rings is 2. The number of hydrogen-bond donors (Lipinski definition) is 1. The van der Waals surface area contributed by atoms with E-state index >= 15 is 0 Å². The second-order valence-corrected chi connectivity index (χ2v) is 9.83. The number of nitrogens with zero attached hydrogens (tertiary/aromatic N) is 1. The Morgan fingerprint density at radius 1 is 1.10 bits per heavy atom. The monoisotopic (exact) mass is 414 g/mol. The van der Waals surface area contributed by atoms with E-state index in [2.05, 4.69) is 5.32 Å². The third kappa shape index (κ3) is 5.06. The normalized spacial score (nSPS) is 17.8. The maximum atomic E-state index is 13.3. The van der Waals surface area contributed by atoms with Crippen molar-refractivity contribution in [2.45, 2.75) is 44.9 Å². The Hall–Kier alpha value is -2.18. The lowest BCUT2D eigenvalue weighted by molar-refractivity contribution is -0.126. The Balaban J connectivity index is 1.66. The van der Waals surface area contributed by atoms with Gasteiger partial charge in [-0.15, -0.1) is 0 Å². The summed E-state index contributed by atoms with van der Waals surface area (Å²) < 4.78 is 28.1. The number of carbonyl (C=O) groups excluding carboxylic acids is 1. The van der Waals surface area contributed by atoms with Gasteiger partial charge in [0.25, 0.3) is 0 Å². The minimum absolute atomic E-state index is 0.0572. The van der Waals surface area contributed by atoms with Crippen molar-refractivity contribution < 1.29 is 13.2 Å². The molecule has 1 aliphatic heterocycles. The summed E-state index contributed by atoms with van der Waals surface area (Å²) in [5.74, 6) is -0.362. The predicted octanol–water partition coefficient (Wildman–Crippen LogP) is 3.37. The van der Waals surface area contributed by atoms with E-state index < -0.39 is 10.0 Å². The number of amides is 1. The second kappa shape index (κ2) is 9.09. The van der Waals surface area contributed by atoms with Gasteiger partial charge in [0.15, 0.2) is 0 Å². The summed E-state index contributed by atoms with van der Waals surface area (Å²) in [5, 5.41) is 2.98. The smallest absolute Gasteiger partial charge is 0.243 e. The molecule has 1 saturated heterocycles. The first-order valence-corrected chi connectivity index (χ1v) is 11.6. The molecule has 1 N–H and O–H groups in total. The number of sulfonamides is 1. The van der Waals surface area contributed by atoms with Gasteiger partial charge in [-0.25, -0.2) is 8.42 Å². The van der Waals surface area contributed by atoms with Gasteiger partial charge in [-0.3, -0.25) is 4.79 Å². The minimum Gasteiger partial charge on any atom is -0.355 e. The highest BCUT2D eigenvalue weighted by molar-refractivity contribution is 7.89. The molecule has 1 atom stereocenters. The van der Waals surface area contributed by atoms with Crippen molar-refractivity contribution in [2.75, 3.05) is 19.6 Å². The Morgan fingerprint density at radius 3 is 2.41 bits per heavy atom. The van der Waals surface area contributed by atoms with Crippen LogP contribution in [0.4, 0.5) is 0 Å². The van der Waals surface area contributed by atoms with Gasteiger partial charge in [0.1, 0.15) is 0 Å². The molecule has 0 aliphatic carbocycles. The molecular weight excluding hydrogens is 384 g/mol. The molecule has 3 rings (SSSR count). The maximum absolute atomic E-state index is 13.3. The first-order valence-electron chi connectivity index (χ1n) is 10.2. The Kier molecular flexibility index (Phi) is 6.75. The average molecular weight is 415 g/mol. The Morgan fingerprint density at radius 2 is 1.76 bits per heavy atom. The van der Waals surface area contributed by atoms with Gasteiger partial charge < -0.3 is 5.32 Å². The lowest BCUT2D eigenvalue weighted by Gasteiger charge is -2.32. The third-order valence-corrected chi connectivity index (χ3v) is 7.68. The van der Waals surface area contributed by atoms with Crippen LogP contribution in [0.2, 0.25) is 0 Å². The highest BCUT2D eigenvalue weighted by atomic mass is 32.2. The predicted molar refractivity (Wildman–Crippen MR) is 115 cm³/mol. The van der Waals surface area contributed by atoms with Crippen molar-refractivity contribution in [3.05, 3.63) is 64.7 Å². The highest BCUT2D eigenvalue weighted by Crippen LogP contribution is 2.28. The fraction of sp³-hybridized carbons (Fsp3) is 0.435. The maximum Gasteiger partial charge on any atom is 0.243 e. The molecule has 1 aliphatic rings. The molecule has 6 heteroatoms. The van der Waals surface area contributed by atoms with Crippen LogP contribution >= 0.6 is 0 Å². The zero-order valence-corrected chi connectivity index (χ0v) is 18.3. The van der Waals surface area contributed by atoms with Crippen molar-refractivity contribution in [3.63, 3.8) is 0 Å². The lowest BCUT2D eigenvalue weighted by Crippen LogP contribution is -2.46. The van der Waals surface area contributed by atoms with Crippen LogP contribution in [0.3, 0.4) is 0 Å². The minimum atomic E-state index is -3.62. The van der Waals surface area contributed by atoms with Crippen molar-refractivity contribution in [1.29, 1.82) is 0 Å². The molecule has 0 spiro atoms. The summed E-state index contributed by atoms with van der Waals surface area (Å²) in [5.41, 5.74) is 3.74. The van der Waals surface area contributed by atoms with Crippen molar-refractivity contribution in [1.82, 2.24) is 9.62 Å². The summed E-state index contributed by atoms with van der Waals surface area (Å²) in [6.45, 7) is 6.90. The quantitative estimate of drug-likeness (QED) is 0.788. The van der Waals surface area contributed by atoms with Crippen LogP contribution in [0.15, 0.2) is 47.4 Å². The van der Waals surface area contributed by atoms with Crippen LogP contribution in [0.25, 0.3) is 0 Å². The van der Waals surface area contributed by atoms with Gasteiger partial charge >= 0.3 is 0 Å². The first kappa shape index (κ1) is 21.5. The van der Waals surface area contributed by atoms with Gasteiger partial charge in [-0.1, -0.05) is 48.0 Å². The van der Waals surface area contributed by atoms with Gasteiger partial charge in [0, 0.05) is 19.6 Å². The molecule has 29 heavy (non-hydrogen) atoms. The molecule has 0 bridgehead atoms. The molecule has 1 heterocycles. The van der Waals surface area contributed by atoms with Crippen LogP contribution in [0.5, 0.6) is 0 Å². The fourth-order valence-electron chi connectivity index (χ4n) is 4.20. The van der Waals surface area contributed by atoms with Crippen LogP contribution in [0, 0.1) is 26.7 Å². The second-order valence-electron chi connectivity index (χ2n) is 7.96. The van der Waals surface area contributed by atoms with Gasteiger partial charge in [-0.05, 0) is 56.7 Å². The van der Waals surface area contributed by atoms with Crippen LogP contribution < -0.4 is 5.32 Å². The van der Waals surface area contributed by atoms with Crippen LogP contribution in [-0.4, -0.2) is 38.3 Å². The zero-order valence-electron chi connectivity index (χ0n) is 17.4. The number of hydrogen-bond acceptors (Lipinski definition) is 3. The van der Waals surface area contributed by atoms with Crippen molar-refractivity contribution in [3.8, 4) is 0 Å². The molecule has 156 valence electrons. The molecule has 2 aromatic carbocycles. The first-order chi connectivity index (χ1) is 13.8. The topological polar surface area (TPSA) is 66.5 Å². The van der Waals surface area contributed by atoms with E-state index in [9.17, 15) is 13.2 Å². The number of piperidine rings is 1. The Labute approximate surface area is 174 Å². The van der Waals surface area contributed by atoms with E-state index in [1.165, 1.54) is 9.87 Å². The van der Waals surface area contributed by atoms with Gasteiger partial charge in [0.2, 0.25) is 15.9 Å². The summed E-state index contributed by atoms with van der Waals surface area (Å²) in [4.78, 5) is 13.0. The van der Waals surface area contributed by atoms with E-state index in [4.69, 9.17) is 0 Å². The van der Waals surface area contributed by atoms with Crippen LogP contribution in [0.1, 0.15) is 35.1 Å². The molecule has 1 fully saturated rings. The fourth-order valence-corrected chi connectivity index (χ4v) is 6.13. The van der Waals surface area contributed by atoms with Crippen molar-refractivity contribution >= 4 is 15.9 Å². The molecule has 0 aromatic heterocycles. The summed E-state index contributed by atoms with van der Waals surface area (Å²) >= 11 is 0. The summed E-state index contributed by atoms with van der Waals surface area (Å²) in [7, 11) is -3.62. The highest BCUT2D eigenvalue weighted by Gasteiger charge is 2.34. The molecular formula is C23H30N2O3S. The summed E-state index contributed by atoms with van der Waals surface area (Å²) in [6, 6.07) is 13.8. The molecule has 5 nitrogen and oxygen atoms in total. The third-order valence-electron chi connectivity index (χ3n) is 5.51. The largest absolute Gasteiger partial charge is 0.355 e. The SMILES string of the molecule is Cc1cc(C)c(S(=O)(=O)N2CCC[C@H](C(=O)NCCc3ccccc3)C2)c(C)c1. The zero-order chi connectivity index (χ0) is 21.0. The molecule has 2 aromatic rings. The molecule has 0 radical (unpaired) electrons. The standard InChI is InChI=1S/C23H30N2O3S/c1-17-14-18(2)22(19(3)15-17)29(27,28)25-13-7-10-21(16-25)23(26)24-12-11-20-8-5-4-6-9-20/h4-6,8-9,14-15,21H,7,10-13,16H2,1-3H3,(H,24,26)/t21-/m0/s1. The van der Waals surface area contributed by atoms with E-state index in [1.807, 2.05) is 63.2 Å². The number of aryl methyl sites for hydroxylation is 3. The van der Waals surface area contributed by atoms with E-state index in [0.29, 0.717) is 24.4 Å². The van der Waals surface area contributed by atoms with E-state index in [1.54, 1.807) is 0 Å². The Bertz CT molecular complexity index is 948. The average Bonchev–Trinajstić information content (AvgIpc) is 2.68. The van der Waals surface area contributed by atoms with E-state index in [0.717, 1.165) is 29.5 Å². The van der Waals surface area contributed by atoms with Crippen molar-refractivity contribution in [2.24, 2.45) is 5.92 Å². The van der Waals surface area contributed by atoms with Gasteiger partial charge in [-0.2, -0.15) is 4.31 Å². The van der Waals surface area contributed by atoms with E-state index in [-0.39, 0.29) is 18.4 Å². The summed E-state index contributed by atoms with van der Waals surface area (Å²) in [6.07, 6.45) is 2.18. The molecule has 1 amide bonds. The number of nitrogens with one attached hydrogen (secondary N) is 1. The molecule has 0 unspecified atom stereocenters. The number of rotatable bonds is 6.